The fourth-order valence-corrected chi connectivity index (χ4v) is 4.02. The highest BCUT2D eigenvalue weighted by Crippen LogP contribution is 2.20. The van der Waals surface area contributed by atoms with E-state index in [0.29, 0.717) is 43.3 Å². The molecule has 154 valence electrons. The van der Waals surface area contributed by atoms with E-state index in [2.05, 4.69) is 4.98 Å². The van der Waals surface area contributed by atoms with Crippen molar-refractivity contribution in [3.05, 3.63) is 76.8 Å². The summed E-state index contributed by atoms with van der Waals surface area (Å²) in [6.07, 6.45) is 3.96. The standard InChI is InChI=1S/C24H25N3O3/c28-22(16-27-17-25-21-9-5-4-8-20(21)24(27)30)19-12-14-26(15-13-19)23(29)11-10-18-6-2-1-3-7-18/h1-9,17,19H,10-16H2. The van der Waals surface area contributed by atoms with Crippen LogP contribution in [0, 0.1) is 5.92 Å². The van der Waals surface area contributed by atoms with Gasteiger partial charge >= 0.3 is 0 Å². The molecule has 2 aromatic carbocycles. The summed E-state index contributed by atoms with van der Waals surface area (Å²) in [4.78, 5) is 44.0. The number of piperidine rings is 1. The summed E-state index contributed by atoms with van der Waals surface area (Å²) in [5, 5.41) is 0.520. The second kappa shape index (κ2) is 9.03. The van der Waals surface area contributed by atoms with Crippen LogP contribution in [0.25, 0.3) is 10.9 Å². The number of ketones is 1. The summed E-state index contributed by atoms with van der Waals surface area (Å²) in [6.45, 7) is 1.22. The maximum atomic E-state index is 12.8. The van der Waals surface area contributed by atoms with Crippen LogP contribution >= 0.6 is 0 Å². The molecule has 0 unspecified atom stereocenters. The lowest BCUT2D eigenvalue weighted by molar-refractivity contribution is -0.135. The molecule has 1 aromatic heterocycles. The molecule has 4 rings (SSSR count). The number of amides is 1. The Morgan fingerprint density at radius 1 is 0.967 bits per heavy atom. The fraction of sp³-hybridized carbons (Fsp3) is 0.333. The van der Waals surface area contributed by atoms with Crippen molar-refractivity contribution in [2.45, 2.75) is 32.2 Å². The van der Waals surface area contributed by atoms with Gasteiger partial charge in [-0.3, -0.25) is 19.0 Å². The Balaban J connectivity index is 1.31. The van der Waals surface area contributed by atoms with Crippen LogP contribution < -0.4 is 5.56 Å². The largest absolute Gasteiger partial charge is 0.343 e. The van der Waals surface area contributed by atoms with Gasteiger partial charge in [0.05, 0.1) is 23.8 Å². The van der Waals surface area contributed by atoms with Crippen LogP contribution in [0.1, 0.15) is 24.8 Å². The van der Waals surface area contributed by atoms with Gasteiger partial charge in [-0.05, 0) is 37.0 Å². The maximum Gasteiger partial charge on any atom is 0.261 e. The Bertz CT molecular complexity index is 1100. The first kappa shape index (κ1) is 20.0. The number of nitrogens with zero attached hydrogens (tertiary/aromatic N) is 3. The summed E-state index contributed by atoms with van der Waals surface area (Å²) in [5.41, 5.74) is 1.60. The van der Waals surface area contributed by atoms with Gasteiger partial charge in [-0.15, -0.1) is 0 Å². The summed E-state index contributed by atoms with van der Waals surface area (Å²) in [7, 11) is 0. The minimum atomic E-state index is -0.192. The quantitative estimate of drug-likeness (QED) is 0.634. The van der Waals surface area contributed by atoms with E-state index >= 15 is 0 Å². The lowest BCUT2D eigenvalue weighted by atomic mass is 9.92. The maximum absolute atomic E-state index is 12.8. The van der Waals surface area contributed by atoms with Gasteiger partial charge in [-0.25, -0.2) is 4.98 Å². The van der Waals surface area contributed by atoms with Crippen molar-refractivity contribution in [2.75, 3.05) is 13.1 Å². The van der Waals surface area contributed by atoms with Crippen LogP contribution in [0.5, 0.6) is 0 Å². The van der Waals surface area contributed by atoms with Crippen molar-refractivity contribution in [1.82, 2.24) is 14.5 Å². The fourth-order valence-electron chi connectivity index (χ4n) is 4.02. The lowest BCUT2D eigenvalue weighted by Gasteiger charge is -2.31. The highest BCUT2D eigenvalue weighted by molar-refractivity contribution is 5.82. The summed E-state index contributed by atoms with van der Waals surface area (Å²) in [6, 6.07) is 17.1. The highest BCUT2D eigenvalue weighted by Gasteiger charge is 2.27. The molecule has 0 N–H and O–H groups in total. The van der Waals surface area contributed by atoms with E-state index in [9.17, 15) is 14.4 Å². The molecule has 6 heteroatoms. The van der Waals surface area contributed by atoms with Crippen molar-refractivity contribution in [3.63, 3.8) is 0 Å². The third-order valence-corrected chi connectivity index (χ3v) is 5.83. The van der Waals surface area contributed by atoms with Crippen LogP contribution in [0.4, 0.5) is 0 Å². The first-order valence-electron chi connectivity index (χ1n) is 10.4. The first-order chi connectivity index (χ1) is 14.6. The Morgan fingerprint density at radius 3 is 2.43 bits per heavy atom. The summed E-state index contributed by atoms with van der Waals surface area (Å²) < 4.78 is 1.39. The van der Waals surface area contributed by atoms with E-state index in [1.165, 1.54) is 10.9 Å². The number of rotatable bonds is 6. The molecule has 30 heavy (non-hydrogen) atoms. The zero-order valence-electron chi connectivity index (χ0n) is 16.9. The SMILES string of the molecule is O=C(Cn1cnc2ccccc2c1=O)C1CCN(C(=O)CCc2ccccc2)CC1. The molecule has 1 aliphatic rings. The smallest absolute Gasteiger partial charge is 0.261 e. The number of carbonyl (C=O) groups is 2. The molecule has 0 saturated carbocycles. The number of likely N-dealkylation sites (tertiary alicyclic amines) is 1. The molecule has 0 aliphatic carbocycles. The van der Waals surface area contributed by atoms with Crippen LogP contribution in [-0.4, -0.2) is 39.2 Å². The van der Waals surface area contributed by atoms with Crippen molar-refractivity contribution in [1.29, 1.82) is 0 Å². The van der Waals surface area contributed by atoms with Gasteiger partial charge in [0.1, 0.15) is 0 Å². The van der Waals surface area contributed by atoms with Crippen molar-refractivity contribution in [2.24, 2.45) is 5.92 Å². The highest BCUT2D eigenvalue weighted by atomic mass is 16.2. The number of para-hydroxylation sites is 1. The third kappa shape index (κ3) is 4.48. The van der Waals surface area contributed by atoms with Gasteiger partial charge in [-0.1, -0.05) is 42.5 Å². The molecule has 0 bridgehead atoms. The minimum Gasteiger partial charge on any atom is -0.343 e. The summed E-state index contributed by atoms with van der Waals surface area (Å²) in [5.74, 6) is 0.0480. The van der Waals surface area contributed by atoms with Crippen LogP contribution in [-0.2, 0) is 22.6 Å². The zero-order chi connectivity index (χ0) is 20.9. The Kier molecular flexibility index (Phi) is 6.02. The average Bonchev–Trinajstić information content (AvgIpc) is 2.80. The molecule has 6 nitrogen and oxygen atoms in total. The number of aromatic nitrogens is 2. The van der Waals surface area contributed by atoms with Crippen LogP contribution in [0.3, 0.4) is 0 Å². The van der Waals surface area contributed by atoms with Crippen molar-refractivity contribution in [3.8, 4) is 0 Å². The minimum absolute atomic E-state index is 0.0310. The van der Waals surface area contributed by atoms with E-state index in [1.54, 1.807) is 18.2 Å². The van der Waals surface area contributed by atoms with Gasteiger partial charge < -0.3 is 4.90 Å². The third-order valence-electron chi connectivity index (χ3n) is 5.83. The zero-order valence-corrected chi connectivity index (χ0v) is 16.9. The normalized spacial score (nSPS) is 14.7. The molecular weight excluding hydrogens is 378 g/mol. The van der Waals surface area contributed by atoms with Gasteiger partial charge in [0.15, 0.2) is 5.78 Å². The predicted molar refractivity (Wildman–Crippen MR) is 115 cm³/mol. The van der Waals surface area contributed by atoms with Crippen molar-refractivity contribution < 1.29 is 9.59 Å². The molecule has 1 fully saturated rings. The number of Topliss-reactive ketones (excluding diaryl/α,β-unsaturated/α-hetero) is 1. The number of hydrogen-bond acceptors (Lipinski definition) is 4. The van der Waals surface area contributed by atoms with Crippen molar-refractivity contribution >= 4 is 22.6 Å². The van der Waals surface area contributed by atoms with Crippen LogP contribution in [0.15, 0.2) is 65.7 Å². The van der Waals surface area contributed by atoms with E-state index < -0.39 is 0 Å². The number of hydrogen-bond donors (Lipinski definition) is 0. The molecule has 1 amide bonds. The average molecular weight is 403 g/mol. The Labute approximate surface area is 175 Å². The number of aryl methyl sites for hydroxylation is 1. The Hall–Kier alpha value is -3.28. The van der Waals surface area contributed by atoms with E-state index in [1.807, 2.05) is 41.3 Å². The second-order valence-corrected chi connectivity index (χ2v) is 7.80. The summed E-state index contributed by atoms with van der Waals surface area (Å²) >= 11 is 0. The number of benzene rings is 2. The molecule has 1 saturated heterocycles. The van der Waals surface area contributed by atoms with E-state index in [4.69, 9.17) is 0 Å². The van der Waals surface area contributed by atoms with Gasteiger partial charge in [0, 0.05) is 25.4 Å². The molecule has 0 atom stereocenters. The number of fused-ring (bicyclic) bond motifs is 1. The first-order valence-corrected chi connectivity index (χ1v) is 10.4. The van der Waals surface area contributed by atoms with Gasteiger partial charge in [0.25, 0.3) is 5.56 Å². The predicted octanol–water partition coefficient (Wildman–Crippen LogP) is 2.84. The van der Waals surface area contributed by atoms with E-state index in [0.717, 1.165) is 12.0 Å². The molecule has 0 radical (unpaired) electrons. The monoisotopic (exact) mass is 403 g/mol. The lowest BCUT2D eigenvalue weighted by Crippen LogP contribution is -2.41. The molecule has 0 spiro atoms. The number of carbonyl (C=O) groups excluding carboxylic acids is 2. The Morgan fingerprint density at radius 2 is 1.67 bits per heavy atom. The van der Waals surface area contributed by atoms with E-state index in [-0.39, 0.29) is 29.7 Å². The molecular formula is C24H25N3O3. The molecule has 2 heterocycles. The second-order valence-electron chi connectivity index (χ2n) is 7.80. The molecule has 1 aliphatic heterocycles. The van der Waals surface area contributed by atoms with Gasteiger partial charge in [0.2, 0.25) is 5.91 Å². The molecule has 3 aromatic rings. The topological polar surface area (TPSA) is 72.3 Å². The van der Waals surface area contributed by atoms with Gasteiger partial charge in [-0.2, -0.15) is 0 Å². The van der Waals surface area contributed by atoms with Crippen LogP contribution in [0.2, 0.25) is 0 Å².